The zero-order chi connectivity index (χ0) is 12.6. The van der Waals surface area contributed by atoms with Crippen LogP contribution in [0.2, 0.25) is 5.02 Å². The van der Waals surface area contributed by atoms with Crippen LogP contribution in [-0.4, -0.2) is 0 Å². The highest BCUT2D eigenvalue weighted by atomic mass is 35.5. The molecule has 2 nitrogen and oxygen atoms in total. The van der Waals surface area contributed by atoms with Crippen molar-refractivity contribution in [2.24, 2.45) is 5.73 Å². The molecule has 0 fully saturated rings. The van der Waals surface area contributed by atoms with E-state index in [0.29, 0.717) is 5.02 Å². The minimum atomic E-state index is -0.236. The van der Waals surface area contributed by atoms with Gasteiger partial charge in [-0.1, -0.05) is 17.7 Å². The van der Waals surface area contributed by atoms with Crippen molar-refractivity contribution in [3.05, 3.63) is 57.5 Å². The van der Waals surface area contributed by atoms with E-state index < -0.39 is 0 Å². The Morgan fingerprint density at radius 2 is 1.76 bits per heavy atom. The maximum atomic E-state index is 6.25. The maximum absolute atomic E-state index is 6.25. The monoisotopic (exact) mass is 249 g/mol. The van der Waals surface area contributed by atoms with Crippen LogP contribution in [0.4, 0.5) is 0 Å². The van der Waals surface area contributed by atoms with Gasteiger partial charge < -0.3 is 10.2 Å². The molecule has 1 aromatic heterocycles. The van der Waals surface area contributed by atoms with Crippen molar-refractivity contribution in [1.29, 1.82) is 0 Å². The normalized spacial score (nSPS) is 12.8. The highest BCUT2D eigenvalue weighted by molar-refractivity contribution is 6.31. The van der Waals surface area contributed by atoms with Gasteiger partial charge in [0.1, 0.15) is 5.76 Å². The second kappa shape index (κ2) is 4.55. The van der Waals surface area contributed by atoms with E-state index in [1.165, 1.54) is 11.1 Å². The molecule has 0 spiro atoms. The second-order valence-corrected chi connectivity index (χ2v) is 4.77. The summed E-state index contributed by atoms with van der Waals surface area (Å²) in [6.45, 7) is 6.01. The lowest BCUT2D eigenvalue weighted by atomic mass is 9.96. The molecule has 0 saturated carbocycles. The average molecular weight is 250 g/mol. The summed E-state index contributed by atoms with van der Waals surface area (Å²) in [7, 11) is 0. The highest BCUT2D eigenvalue weighted by Crippen LogP contribution is 2.30. The summed E-state index contributed by atoms with van der Waals surface area (Å²) in [4.78, 5) is 0. The number of hydrogen-bond acceptors (Lipinski definition) is 2. The van der Waals surface area contributed by atoms with Crippen molar-refractivity contribution >= 4 is 11.6 Å². The minimum Gasteiger partial charge on any atom is -0.469 e. The van der Waals surface area contributed by atoms with Crippen LogP contribution < -0.4 is 5.73 Å². The van der Waals surface area contributed by atoms with Gasteiger partial charge in [0.15, 0.2) is 0 Å². The number of aryl methyl sites for hydroxylation is 3. The van der Waals surface area contributed by atoms with E-state index in [-0.39, 0.29) is 6.04 Å². The number of halogens is 1. The Kier molecular flexibility index (Phi) is 3.27. The molecule has 1 unspecified atom stereocenters. The summed E-state index contributed by atoms with van der Waals surface area (Å²) in [5.74, 6) is 0.840. The molecule has 0 aliphatic heterocycles. The van der Waals surface area contributed by atoms with Crippen molar-refractivity contribution in [3.8, 4) is 0 Å². The molecule has 90 valence electrons. The Morgan fingerprint density at radius 3 is 2.35 bits per heavy atom. The number of nitrogens with two attached hydrogens (primary N) is 1. The number of rotatable bonds is 2. The topological polar surface area (TPSA) is 39.2 Å². The summed E-state index contributed by atoms with van der Waals surface area (Å²) in [6.07, 6.45) is 1.65. The average Bonchev–Trinajstić information content (AvgIpc) is 2.69. The Hall–Kier alpha value is -1.25. The van der Waals surface area contributed by atoms with E-state index in [1.807, 2.05) is 26.0 Å². The van der Waals surface area contributed by atoms with Crippen LogP contribution in [0.5, 0.6) is 0 Å². The van der Waals surface area contributed by atoms with E-state index in [0.717, 1.165) is 16.9 Å². The first-order chi connectivity index (χ1) is 8.00. The lowest BCUT2D eigenvalue weighted by molar-refractivity contribution is 0.527. The Bertz CT molecular complexity index is 545. The molecule has 1 aromatic carbocycles. The molecule has 0 aliphatic carbocycles. The summed E-state index contributed by atoms with van der Waals surface area (Å²) in [5, 5.41) is 0.709. The summed E-state index contributed by atoms with van der Waals surface area (Å²) < 4.78 is 5.28. The smallest absolute Gasteiger partial charge is 0.105 e. The van der Waals surface area contributed by atoms with Crippen molar-refractivity contribution in [2.45, 2.75) is 26.8 Å². The lowest BCUT2D eigenvalue weighted by Gasteiger charge is -2.15. The van der Waals surface area contributed by atoms with Gasteiger partial charge in [-0.15, -0.1) is 0 Å². The number of benzene rings is 1. The van der Waals surface area contributed by atoms with Gasteiger partial charge in [-0.3, -0.25) is 0 Å². The predicted molar refractivity (Wildman–Crippen MR) is 70.4 cm³/mol. The number of furan rings is 1. The van der Waals surface area contributed by atoms with Crippen molar-refractivity contribution in [3.63, 3.8) is 0 Å². The Labute approximate surface area is 106 Å². The van der Waals surface area contributed by atoms with E-state index in [2.05, 4.69) is 13.0 Å². The van der Waals surface area contributed by atoms with Gasteiger partial charge in [0.05, 0.1) is 12.3 Å². The van der Waals surface area contributed by atoms with Gasteiger partial charge >= 0.3 is 0 Å². The van der Waals surface area contributed by atoms with E-state index in [9.17, 15) is 0 Å². The van der Waals surface area contributed by atoms with E-state index >= 15 is 0 Å². The number of hydrogen-bond donors (Lipinski definition) is 1. The summed E-state index contributed by atoms with van der Waals surface area (Å²) >= 11 is 6.25. The molecule has 2 aromatic rings. The van der Waals surface area contributed by atoms with Crippen LogP contribution in [-0.2, 0) is 0 Å². The molecule has 1 heterocycles. The van der Waals surface area contributed by atoms with Crippen LogP contribution in [0, 0.1) is 20.8 Å². The molecular weight excluding hydrogens is 234 g/mol. The zero-order valence-electron chi connectivity index (χ0n) is 10.3. The molecule has 1 atom stereocenters. The van der Waals surface area contributed by atoms with Gasteiger partial charge in [-0.05, 0) is 49.6 Å². The highest BCUT2D eigenvalue weighted by Gasteiger charge is 2.17. The molecule has 17 heavy (non-hydrogen) atoms. The summed E-state index contributed by atoms with van der Waals surface area (Å²) in [5.41, 5.74) is 10.5. The largest absolute Gasteiger partial charge is 0.469 e. The zero-order valence-corrected chi connectivity index (χ0v) is 11.0. The molecule has 2 rings (SSSR count). The molecule has 0 saturated heterocycles. The fraction of sp³-hybridized carbons (Fsp3) is 0.286. The SMILES string of the molecule is Cc1cc(Cl)c(C(N)c2ccoc2C)cc1C. The Balaban J connectivity index is 2.48. The molecule has 0 amide bonds. The first-order valence-electron chi connectivity index (χ1n) is 5.57. The van der Waals surface area contributed by atoms with Gasteiger partial charge in [-0.2, -0.15) is 0 Å². The van der Waals surface area contributed by atoms with Gasteiger partial charge in [0.25, 0.3) is 0 Å². The minimum absolute atomic E-state index is 0.236. The fourth-order valence-corrected chi connectivity index (χ4v) is 2.26. The summed E-state index contributed by atoms with van der Waals surface area (Å²) in [6, 6.07) is 5.67. The van der Waals surface area contributed by atoms with Crippen molar-refractivity contribution < 1.29 is 4.42 Å². The standard InChI is InChI=1S/C14H16ClNO/c1-8-6-12(13(15)7-9(8)2)14(16)11-4-5-17-10(11)3/h4-7,14H,16H2,1-3H3. The molecule has 3 heteroatoms. The van der Waals surface area contributed by atoms with Crippen LogP contribution in [0.25, 0.3) is 0 Å². The van der Waals surface area contributed by atoms with Crippen LogP contribution in [0.3, 0.4) is 0 Å². The van der Waals surface area contributed by atoms with Crippen LogP contribution in [0.1, 0.15) is 34.1 Å². The quantitative estimate of drug-likeness (QED) is 0.877. The van der Waals surface area contributed by atoms with Crippen LogP contribution >= 0.6 is 11.6 Å². The molecular formula is C14H16ClNO. The third-order valence-electron chi connectivity index (χ3n) is 3.18. The third kappa shape index (κ3) is 2.24. The van der Waals surface area contributed by atoms with Gasteiger partial charge in [0, 0.05) is 10.6 Å². The predicted octanol–water partition coefficient (Wildman–Crippen LogP) is 3.91. The first-order valence-corrected chi connectivity index (χ1v) is 5.94. The van der Waals surface area contributed by atoms with Gasteiger partial charge in [-0.25, -0.2) is 0 Å². The Morgan fingerprint density at radius 1 is 1.12 bits per heavy atom. The second-order valence-electron chi connectivity index (χ2n) is 4.37. The third-order valence-corrected chi connectivity index (χ3v) is 3.51. The van der Waals surface area contributed by atoms with E-state index in [1.54, 1.807) is 6.26 Å². The molecule has 0 bridgehead atoms. The molecule has 2 N–H and O–H groups in total. The molecule has 0 aliphatic rings. The maximum Gasteiger partial charge on any atom is 0.105 e. The van der Waals surface area contributed by atoms with Crippen LogP contribution in [0.15, 0.2) is 28.9 Å². The first kappa shape index (κ1) is 12.2. The van der Waals surface area contributed by atoms with E-state index in [4.69, 9.17) is 21.8 Å². The fourth-order valence-electron chi connectivity index (χ4n) is 1.93. The lowest BCUT2D eigenvalue weighted by Crippen LogP contribution is -2.13. The molecule has 0 radical (unpaired) electrons. The van der Waals surface area contributed by atoms with Crippen molar-refractivity contribution in [2.75, 3.05) is 0 Å². The van der Waals surface area contributed by atoms with Crippen molar-refractivity contribution in [1.82, 2.24) is 0 Å². The van der Waals surface area contributed by atoms with Gasteiger partial charge in [0.2, 0.25) is 0 Å².